The average Bonchev–Trinajstić information content (AvgIpc) is 3.01. The lowest BCUT2D eigenvalue weighted by Crippen LogP contribution is -2.14. The molecule has 0 aliphatic carbocycles. The molecule has 3 heterocycles. The Balaban J connectivity index is 1.71. The molecule has 0 radical (unpaired) electrons. The van der Waals surface area contributed by atoms with Crippen LogP contribution in [0.3, 0.4) is 0 Å². The Kier molecular flexibility index (Phi) is 2.93. The van der Waals surface area contributed by atoms with Gasteiger partial charge in [-0.1, -0.05) is 0 Å². The van der Waals surface area contributed by atoms with Crippen LogP contribution < -0.4 is 5.32 Å². The van der Waals surface area contributed by atoms with Crippen molar-refractivity contribution in [2.45, 2.75) is 44.2 Å². The van der Waals surface area contributed by atoms with Crippen LogP contribution >= 0.6 is 0 Å². The van der Waals surface area contributed by atoms with Crippen LogP contribution in [0.1, 0.15) is 55.8 Å². The molecule has 0 aromatic carbocycles. The zero-order valence-corrected chi connectivity index (χ0v) is 9.45. The molecule has 0 amide bonds. The molecular formula is C12H18N2O2. The van der Waals surface area contributed by atoms with Gasteiger partial charge in [0.15, 0.2) is 0 Å². The Bertz CT molecular complexity index is 339. The van der Waals surface area contributed by atoms with Crippen LogP contribution in [0.15, 0.2) is 10.7 Å². The van der Waals surface area contributed by atoms with Crippen LogP contribution in [-0.2, 0) is 4.74 Å². The number of nitrogens with one attached hydrogen (secondary N) is 1. The van der Waals surface area contributed by atoms with Crippen LogP contribution in [0.4, 0.5) is 0 Å². The van der Waals surface area contributed by atoms with Gasteiger partial charge in [-0.2, -0.15) is 0 Å². The van der Waals surface area contributed by atoms with Gasteiger partial charge in [0.1, 0.15) is 18.1 Å². The molecule has 2 fully saturated rings. The van der Waals surface area contributed by atoms with Crippen molar-refractivity contribution in [3.05, 3.63) is 17.8 Å². The average molecular weight is 222 g/mol. The van der Waals surface area contributed by atoms with Crippen LogP contribution in [0.2, 0.25) is 0 Å². The Morgan fingerprint density at radius 3 is 3.00 bits per heavy atom. The molecule has 2 unspecified atom stereocenters. The third kappa shape index (κ3) is 1.99. The van der Waals surface area contributed by atoms with Crippen LogP contribution in [0.5, 0.6) is 0 Å². The minimum atomic E-state index is 0.160. The van der Waals surface area contributed by atoms with E-state index in [0.717, 1.165) is 37.6 Å². The summed E-state index contributed by atoms with van der Waals surface area (Å²) in [5.74, 6) is 0.835. The van der Waals surface area contributed by atoms with E-state index in [2.05, 4.69) is 10.3 Å². The second-order valence-corrected chi connectivity index (χ2v) is 4.61. The molecule has 4 heteroatoms. The highest BCUT2D eigenvalue weighted by molar-refractivity contribution is 5.05. The normalized spacial score (nSPS) is 30.8. The summed E-state index contributed by atoms with van der Waals surface area (Å²) in [5, 5.41) is 3.39. The van der Waals surface area contributed by atoms with Crippen molar-refractivity contribution in [3.63, 3.8) is 0 Å². The van der Waals surface area contributed by atoms with Crippen molar-refractivity contribution in [2.75, 3.05) is 13.2 Å². The highest BCUT2D eigenvalue weighted by Crippen LogP contribution is 2.29. The lowest BCUT2D eigenvalue weighted by Gasteiger charge is -2.20. The number of aromatic nitrogens is 1. The summed E-state index contributed by atoms with van der Waals surface area (Å²) in [7, 11) is 0. The van der Waals surface area contributed by atoms with Crippen molar-refractivity contribution in [3.8, 4) is 0 Å². The molecular weight excluding hydrogens is 204 g/mol. The number of rotatable bonds is 2. The van der Waals surface area contributed by atoms with Crippen molar-refractivity contribution < 1.29 is 9.15 Å². The SMILES string of the molecule is c1oc(C2CCCN2)nc1C1CCCCO1. The van der Waals surface area contributed by atoms with Gasteiger partial charge in [-0.05, 0) is 38.6 Å². The van der Waals surface area contributed by atoms with Crippen LogP contribution in [0, 0.1) is 0 Å². The maximum atomic E-state index is 5.70. The molecule has 0 bridgehead atoms. The van der Waals surface area contributed by atoms with Gasteiger partial charge in [0.25, 0.3) is 0 Å². The van der Waals surface area contributed by atoms with E-state index in [1.807, 2.05) is 0 Å². The number of oxazole rings is 1. The van der Waals surface area contributed by atoms with Gasteiger partial charge in [-0.15, -0.1) is 0 Å². The summed E-state index contributed by atoms with van der Waals surface area (Å²) < 4.78 is 11.2. The molecule has 1 N–H and O–H groups in total. The monoisotopic (exact) mass is 222 g/mol. The quantitative estimate of drug-likeness (QED) is 0.834. The minimum absolute atomic E-state index is 0.160. The molecule has 2 aliphatic heterocycles. The van der Waals surface area contributed by atoms with Crippen molar-refractivity contribution >= 4 is 0 Å². The summed E-state index contributed by atoms with van der Waals surface area (Å²) in [6.07, 6.45) is 7.75. The van der Waals surface area contributed by atoms with E-state index in [1.165, 1.54) is 19.3 Å². The number of nitrogens with zero attached hydrogens (tertiary/aromatic N) is 1. The van der Waals surface area contributed by atoms with Gasteiger partial charge in [0, 0.05) is 6.61 Å². The van der Waals surface area contributed by atoms with E-state index < -0.39 is 0 Å². The zero-order chi connectivity index (χ0) is 10.8. The fraction of sp³-hybridized carbons (Fsp3) is 0.750. The van der Waals surface area contributed by atoms with Crippen molar-refractivity contribution in [2.24, 2.45) is 0 Å². The molecule has 2 atom stereocenters. The molecule has 16 heavy (non-hydrogen) atoms. The summed E-state index contributed by atoms with van der Waals surface area (Å²) in [6.45, 7) is 1.93. The summed E-state index contributed by atoms with van der Waals surface area (Å²) in [5.41, 5.74) is 0.975. The van der Waals surface area contributed by atoms with E-state index in [4.69, 9.17) is 9.15 Å². The first-order valence-electron chi connectivity index (χ1n) is 6.24. The largest absolute Gasteiger partial charge is 0.447 e. The first-order chi connectivity index (χ1) is 7.93. The lowest BCUT2D eigenvalue weighted by atomic mass is 10.1. The van der Waals surface area contributed by atoms with Crippen LogP contribution in [-0.4, -0.2) is 18.1 Å². The van der Waals surface area contributed by atoms with Crippen LogP contribution in [0.25, 0.3) is 0 Å². The first kappa shape index (κ1) is 10.3. The van der Waals surface area contributed by atoms with Gasteiger partial charge in [0.05, 0.1) is 6.04 Å². The maximum absolute atomic E-state index is 5.70. The molecule has 0 saturated carbocycles. The molecule has 2 saturated heterocycles. The van der Waals surface area contributed by atoms with E-state index in [9.17, 15) is 0 Å². The fourth-order valence-corrected chi connectivity index (χ4v) is 2.48. The smallest absolute Gasteiger partial charge is 0.211 e. The predicted molar refractivity (Wildman–Crippen MR) is 59.0 cm³/mol. The molecule has 4 nitrogen and oxygen atoms in total. The molecule has 0 spiro atoms. The molecule has 88 valence electrons. The van der Waals surface area contributed by atoms with Gasteiger partial charge in [-0.3, -0.25) is 0 Å². The topological polar surface area (TPSA) is 47.3 Å². The number of ether oxygens (including phenoxy) is 1. The number of hydrogen-bond donors (Lipinski definition) is 1. The van der Waals surface area contributed by atoms with Gasteiger partial charge in [-0.25, -0.2) is 4.98 Å². The Hall–Kier alpha value is -0.870. The fourth-order valence-electron chi connectivity index (χ4n) is 2.48. The Labute approximate surface area is 95.4 Å². The minimum Gasteiger partial charge on any atom is -0.447 e. The van der Waals surface area contributed by atoms with E-state index in [1.54, 1.807) is 6.26 Å². The Morgan fingerprint density at radius 2 is 2.25 bits per heavy atom. The summed E-state index contributed by atoms with van der Waals surface area (Å²) >= 11 is 0. The molecule has 1 aromatic rings. The first-order valence-corrected chi connectivity index (χ1v) is 6.24. The predicted octanol–water partition coefficient (Wildman–Crippen LogP) is 2.34. The second kappa shape index (κ2) is 4.55. The van der Waals surface area contributed by atoms with Gasteiger partial charge < -0.3 is 14.5 Å². The van der Waals surface area contributed by atoms with Crippen molar-refractivity contribution in [1.29, 1.82) is 0 Å². The second-order valence-electron chi connectivity index (χ2n) is 4.61. The third-order valence-corrected chi connectivity index (χ3v) is 3.41. The summed E-state index contributed by atoms with van der Waals surface area (Å²) in [6, 6.07) is 0.317. The molecule has 2 aliphatic rings. The third-order valence-electron chi connectivity index (χ3n) is 3.41. The van der Waals surface area contributed by atoms with E-state index in [-0.39, 0.29) is 6.10 Å². The zero-order valence-electron chi connectivity index (χ0n) is 9.45. The molecule has 3 rings (SSSR count). The lowest BCUT2D eigenvalue weighted by molar-refractivity contribution is 0.0122. The van der Waals surface area contributed by atoms with Gasteiger partial charge in [0.2, 0.25) is 5.89 Å². The van der Waals surface area contributed by atoms with E-state index in [0.29, 0.717) is 6.04 Å². The molecule has 1 aromatic heterocycles. The summed E-state index contributed by atoms with van der Waals surface area (Å²) in [4.78, 5) is 4.56. The van der Waals surface area contributed by atoms with Crippen molar-refractivity contribution in [1.82, 2.24) is 10.3 Å². The maximum Gasteiger partial charge on any atom is 0.211 e. The Morgan fingerprint density at radius 1 is 1.25 bits per heavy atom. The highest BCUT2D eigenvalue weighted by atomic mass is 16.5. The van der Waals surface area contributed by atoms with Gasteiger partial charge >= 0.3 is 0 Å². The highest BCUT2D eigenvalue weighted by Gasteiger charge is 2.24. The standard InChI is InChI=1S/C12H18N2O2/c1-2-7-15-11(5-1)10-8-16-12(14-10)9-4-3-6-13-9/h8-9,11,13H,1-7H2. The number of hydrogen-bond acceptors (Lipinski definition) is 4. The van der Waals surface area contributed by atoms with E-state index >= 15 is 0 Å².